The molecule has 0 nitrogen and oxygen atoms in total. The Bertz CT molecular complexity index is 1150. The fourth-order valence-corrected chi connectivity index (χ4v) is 19.4. The summed E-state index contributed by atoms with van der Waals surface area (Å²) < 4.78 is 0. The first kappa shape index (κ1) is 37.9. The van der Waals surface area contributed by atoms with Crippen LogP contribution in [0, 0.1) is 123 Å². The molecule has 8 rings (SSSR count). The Morgan fingerprint density at radius 2 is 1.10 bits per heavy atom. The number of hydrogen-bond donors (Lipinski definition) is 0. The summed E-state index contributed by atoms with van der Waals surface area (Å²) in [5.74, 6) is 18.5. The molecule has 8 fully saturated rings. The Morgan fingerprint density at radius 1 is 0.549 bits per heavy atom. The van der Waals surface area contributed by atoms with Crippen molar-refractivity contribution in [1.29, 1.82) is 0 Å². The van der Waals surface area contributed by atoms with E-state index in [4.69, 9.17) is 0 Å². The molecule has 8 saturated carbocycles. The smallest absolute Gasteiger partial charge is 0.0230 e. The van der Waals surface area contributed by atoms with Crippen LogP contribution in [0.15, 0.2) is 0 Å². The standard InChI is InChI=1S/C51H88/c1-11-32(12-2)40-29-51(30-41(31(40)5)33(13-3)14-4)43-23-22-37-36(28-49(6,7)8)20-17-21-38(37)46(43)48-44(51)25-24-42-47(48)39-26-34-18-15-16-19-35(34)27-45(39)50(42,9)10/h31-48H,11-30H2,1-10H3. The highest BCUT2D eigenvalue weighted by atomic mass is 14.8. The van der Waals surface area contributed by atoms with Crippen LogP contribution < -0.4 is 0 Å². The van der Waals surface area contributed by atoms with Crippen LogP contribution in [0.2, 0.25) is 0 Å². The minimum Gasteiger partial charge on any atom is -0.0651 e. The highest BCUT2D eigenvalue weighted by Crippen LogP contribution is 2.79. The van der Waals surface area contributed by atoms with E-state index in [1.54, 1.807) is 89.9 Å². The van der Waals surface area contributed by atoms with Gasteiger partial charge in [0.25, 0.3) is 0 Å². The van der Waals surface area contributed by atoms with E-state index in [1.807, 2.05) is 0 Å². The van der Waals surface area contributed by atoms with Crippen LogP contribution in [-0.4, -0.2) is 0 Å². The Labute approximate surface area is 319 Å². The van der Waals surface area contributed by atoms with Gasteiger partial charge in [-0.25, -0.2) is 0 Å². The molecule has 15 atom stereocenters. The fraction of sp³-hybridized carbons (Fsp3) is 1.00. The summed E-state index contributed by atoms with van der Waals surface area (Å²) in [6.07, 6.45) is 31.1. The third-order valence-electron chi connectivity index (χ3n) is 21.0. The number of rotatable bonds is 7. The molecule has 0 radical (unpaired) electrons. The summed E-state index contributed by atoms with van der Waals surface area (Å²) >= 11 is 0. The van der Waals surface area contributed by atoms with Gasteiger partial charge in [0.2, 0.25) is 0 Å². The van der Waals surface area contributed by atoms with Crippen LogP contribution in [0.1, 0.15) is 198 Å². The van der Waals surface area contributed by atoms with Gasteiger partial charge < -0.3 is 0 Å². The SMILES string of the molecule is CCC(CC)C1CC2(CC(C(CC)CC)C1C)C1CCC3C(CC(C)(C)C)CCCC3C1C1C3C4CC5CCCCC5CC4C(C)(C)C3CCC12. The lowest BCUT2D eigenvalue weighted by atomic mass is 9.47. The fourth-order valence-electron chi connectivity index (χ4n) is 19.4. The zero-order chi connectivity index (χ0) is 36.0. The molecule has 0 bridgehead atoms. The lowest BCUT2D eigenvalue weighted by molar-refractivity contribution is -0.0901. The van der Waals surface area contributed by atoms with Gasteiger partial charge in [0.15, 0.2) is 0 Å². The van der Waals surface area contributed by atoms with Gasteiger partial charge in [-0.15, -0.1) is 0 Å². The molecule has 0 saturated heterocycles. The molecule has 1 spiro atoms. The van der Waals surface area contributed by atoms with Gasteiger partial charge in [0.1, 0.15) is 0 Å². The second kappa shape index (κ2) is 14.2. The van der Waals surface area contributed by atoms with Crippen molar-refractivity contribution in [3.05, 3.63) is 0 Å². The van der Waals surface area contributed by atoms with Crippen LogP contribution >= 0.6 is 0 Å². The quantitative estimate of drug-likeness (QED) is 0.248. The first-order valence-corrected chi connectivity index (χ1v) is 24.4. The summed E-state index contributed by atoms with van der Waals surface area (Å²) in [6, 6.07) is 0. The van der Waals surface area contributed by atoms with Crippen molar-refractivity contribution >= 4 is 0 Å². The van der Waals surface area contributed by atoms with E-state index in [9.17, 15) is 0 Å². The molecule has 8 aliphatic carbocycles. The number of hydrogen-bond acceptors (Lipinski definition) is 0. The predicted molar refractivity (Wildman–Crippen MR) is 219 cm³/mol. The highest BCUT2D eigenvalue weighted by Gasteiger charge is 2.72. The lowest BCUT2D eigenvalue weighted by Gasteiger charge is -2.58. The maximum absolute atomic E-state index is 2.85. The molecular weight excluding hydrogens is 613 g/mol. The molecular formula is C51H88. The van der Waals surface area contributed by atoms with Crippen molar-refractivity contribution in [1.82, 2.24) is 0 Å². The predicted octanol–water partition coefficient (Wildman–Crippen LogP) is 15.1. The second-order valence-corrected chi connectivity index (χ2v) is 23.8. The molecule has 292 valence electrons. The topological polar surface area (TPSA) is 0 Å². The minimum atomic E-state index is 0.477. The zero-order valence-corrected chi connectivity index (χ0v) is 36.0. The molecule has 0 N–H and O–H groups in total. The average molecular weight is 701 g/mol. The van der Waals surface area contributed by atoms with Gasteiger partial charge >= 0.3 is 0 Å². The largest absolute Gasteiger partial charge is 0.0651 e. The average Bonchev–Trinajstić information content (AvgIpc) is 3.50. The highest BCUT2D eigenvalue weighted by molar-refractivity contribution is 5.20. The molecule has 0 heterocycles. The maximum atomic E-state index is 2.85. The monoisotopic (exact) mass is 701 g/mol. The molecule has 8 aliphatic rings. The van der Waals surface area contributed by atoms with Crippen LogP contribution in [0.4, 0.5) is 0 Å². The van der Waals surface area contributed by atoms with Crippen molar-refractivity contribution in [3.8, 4) is 0 Å². The van der Waals surface area contributed by atoms with Crippen LogP contribution in [0.25, 0.3) is 0 Å². The Kier molecular flexibility index (Phi) is 10.5. The first-order valence-electron chi connectivity index (χ1n) is 24.4. The molecule has 0 aromatic rings. The normalized spacial score (nSPS) is 50.4. The zero-order valence-electron chi connectivity index (χ0n) is 36.0. The van der Waals surface area contributed by atoms with E-state index in [1.165, 1.54) is 38.5 Å². The summed E-state index contributed by atoms with van der Waals surface area (Å²) in [7, 11) is 0. The van der Waals surface area contributed by atoms with Gasteiger partial charge in [-0.2, -0.15) is 0 Å². The van der Waals surface area contributed by atoms with E-state index in [0.717, 1.165) is 107 Å². The molecule has 15 unspecified atom stereocenters. The molecule has 51 heavy (non-hydrogen) atoms. The van der Waals surface area contributed by atoms with E-state index in [2.05, 4.69) is 69.2 Å². The van der Waals surface area contributed by atoms with E-state index < -0.39 is 0 Å². The first-order chi connectivity index (χ1) is 24.4. The van der Waals surface area contributed by atoms with Crippen LogP contribution in [0.5, 0.6) is 0 Å². The van der Waals surface area contributed by atoms with Crippen molar-refractivity contribution in [2.24, 2.45) is 123 Å². The minimum absolute atomic E-state index is 0.477. The van der Waals surface area contributed by atoms with Gasteiger partial charge in [-0.3, -0.25) is 0 Å². The van der Waals surface area contributed by atoms with E-state index in [-0.39, 0.29) is 0 Å². The summed E-state index contributed by atoms with van der Waals surface area (Å²) in [6.45, 7) is 26.5. The summed E-state index contributed by atoms with van der Waals surface area (Å²) in [4.78, 5) is 0. The molecule has 0 heteroatoms. The van der Waals surface area contributed by atoms with Crippen molar-refractivity contribution in [3.63, 3.8) is 0 Å². The third-order valence-corrected chi connectivity index (χ3v) is 21.0. The summed E-state index contributed by atoms with van der Waals surface area (Å²) in [5, 5.41) is 0. The van der Waals surface area contributed by atoms with E-state index in [0.29, 0.717) is 16.2 Å². The Hall–Kier alpha value is 0. The van der Waals surface area contributed by atoms with Crippen LogP contribution in [0.3, 0.4) is 0 Å². The van der Waals surface area contributed by atoms with E-state index >= 15 is 0 Å². The lowest BCUT2D eigenvalue weighted by Crippen LogP contribution is -2.50. The van der Waals surface area contributed by atoms with Crippen LogP contribution in [-0.2, 0) is 0 Å². The molecule has 0 aromatic heterocycles. The molecule has 0 amide bonds. The second-order valence-electron chi connectivity index (χ2n) is 23.8. The van der Waals surface area contributed by atoms with Crippen molar-refractivity contribution in [2.75, 3.05) is 0 Å². The van der Waals surface area contributed by atoms with Crippen molar-refractivity contribution < 1.29 is 0 Å². The van der Waals surface area contributed by atoms with Gasteiger partial charge in [0.05, 0.1) is 0 Å². The van der Waals surface area contributed by atoms with Gasteiger partial charge in [-0.05, 0) is 187 Å². The van der Waals surface area contributed by atoms with Crippen molar-refractivity contribution in [2.45, 2.75) is 198 Å². The molecule has 0 aromatic carbocycles. The Morgan fingerprint density at radius 3 is 1.71 bits per heavy atom. The number of fused-ring (bicyclic) bond motifs is 12. The van der Waals surface area contributed by atoms with Gasteiger partial charge in [0, 0.05) is 0 Å². The Balaban J connectivity index is 1.25. The van der Waals surface area contributed by atoms with Gasteiger partial charge in [-0.1, -0.05) is 133 Å². The maximum Gasteiger partial charge on any atom is -0.0230 e. The summed E-state index contributed by atoms with van der Waals surface area (Å²) in [5.41, 5.74) is 1.70. The third kappa shape index (κ3) is 6.05. The molecule has 0 aliphatic heterocycles.